The highest BCUT2D eigenvalue weighted by Crippen LogP contribution is 2.19. The van der Waals surface area contributed by atoms with Crippen LogP contribution in [0.25, 0.3) is 0 Å². The van der Waals surface area contributed by atoms with Gasteiger partial charge in [0.15, 0.2) is 0 Å². The van der Waals surface area contributed by atoms with Gasteiger partial charge in [0.2, 0.25) is 0 Å². The summed E-state index contributed by atoms with van der Waals surface area (Å²) >= 11 is 0. The highest BCUT2D eigenvalue weighted by atomic mass is 16.5. The van der Waals surface area contributed by atoms with Crippen LogP contribution in [0, 0.1) is 5.92 Å². The zero-order valence-corrected chi connectivity index (χ0v) is 12.8. The first-order chi connectivity index (χ1) is 10.3. The van der Waals surface area contributed by atoms with Crippen LogP contribution in [-0.2, 0) is 16.1 Å². The highest BCUT2D eigenvalue weighted by molar-refractivity contribution is 5.72. The molecule has 0 aromatic heterocycles. The molecule has 0 radical (unpaired) electrons. The molecule has 1 atom stereocenters. The molecular formula is C18H25NO2. The van der Waals surface area contributed by atoms with Gasteiger partial charge in [0.05, 0.1) is 5.92 Å². The average Bonchev–Trinajstić information content (AvgIpc) is 3.03. The first kappa shape index (κ1) is 15.8. The summed E-state index contributed by atoms with van der Waals surface area (Å²) in [6, 6.07) is 9.78. The highest BCUT2D eigenvalue weighted by Gasteiger charge is 2.14. The summed E-state index contributed by atoms with van der Waals surface area (Å²) in [5, 5.41) is 3.35. The number of allylic oxidation sites excluding steroid dienone is 1. The topological polar surface area (TPSA) is 38.3 Å². The van der Waals surface area contributed by atoms with Crippen molar-refractivity contribution in [1.29, 1.82) is 0 Å². The molecule has 1 aliphatic carbocycles. The van der Waals surface area contributed by atoms with Crippen LogP contribution in [0.3, 0.4) is 0 Å². The first-order valence-electron chi connectivity index (χ1n) is 7.85. The predicted molar refractivity (Wildman–Crippen MR) is 84.8 cm³/mol. The van der Waals surface area contributed by atoms with Gasteiger partial charge < -0.3 is 10.1 Å². The molecule has 2 rings (SSSR count). The van der Waals surface area contributed by atoms with Crippen molar-refractivity contribution in [2.45, 2.75) is 39.2 Å². The van der Waals surface area contributed by atoms with E-state index in [2.05, 4.69) is 11.4 Å². The lowest BCUT2D eigenvalue weighted by Crippen LogP contribution is -2.28. The van der Waals surface area contributed by atoms with Gasteiger partial charge in [0.25, 0.3) is 0 Å². The van der Waals surface area contributed by atoms with Gasteiger partial charge in [-0.05, 0) is 37.8 Å². The summed E-state index contributed by atoms with van der Waals surface area (Å²) in [7, 11) is 0. The van der Waals surface area contributed by atoms with Crippen molar-refractivity contribution in [3.63, 3.8) is 0 Å². The van der Waals surface area contributed by atoms with E-state index in [4.69, 9.17) is 4.74 Å². The van der Waals surface area contributed by atoms with E-state index in [0.717, 1.165) is 18.5 Å². The van der Waals surface area contributed by atoms with Gasteiger partial charge in [-0.2, -0.15) is 0 Å². The number of rotatable bonds is 8. The maximum Gasteiger partial charge on any atom is 0.310 e. The fourth-order valence-corrected chi connectivity index (χ4v) is 2.49. The smallest absolute Gasteiger partial charge is 0.310 e. The maximum absolute atomic E-state index is 11.9. The van der Waals surface area contributed by atoms with Crippen molar-refractivity contribution in [1.82, 2.24) is 5.32 Å². The minimum Gasteiger partial charge on any atom is -0.461 e. The molecule has 0 spiro atoms. The van der Waals surface area contributed by atoms with Gasteiger partial charge in [-0.3, -0.25) is 4.79 Å². The third-order valence-electron chi connectivity index (χ3n) is 3.83. The normalized spacial score (nSPS) is 15.6. The Bertz CT molecular complexity index is 467. The Labute approximate surface area is 127 Å². The lowest BCUT2D eigenvalue weighted by Gasteiger charge is -2.12. The van der Waals surface area contributed by atoms with Gasteiger partial charge in [0.1, 0.15) is 6.61 Å². The van der Waals surface area contributed by atoms with Crippen molar-refractivity contribution in [2.24, 2.45) is 5.92 Å². The Morgan fingerprint density at radius 1 is 1.33 bits per heavy atom. The first-order valence-corrected chi connectivity index (χ1v) is 7.85. The molecule has 1 aromatic rings. The molecule has 114 valence electrons. The lowest BCUT2D eigenvalue weighted by molar-refractivity contribution is -0.149. The van der Waals surface area contributed by atoms with E-state index in [0.29, 0.717) is 13.2 Å². The Kier molecular flexibility index (Phi) is 6.48. The van der Waals surface area contributed by atoms with Crippen LogP contribution in [0.15, 0.2) is 42.0 Å². The van der Waals surface area contributed by atoms with Gasteiger partial charge in [-0.15, -0.1) is 0 Å². The van der Waals surface area contributed by atoms with E-state index in [9.17, 15) is 4.79 Å². The largest absolute Gasteiger partial charge is 0.461 e. The van der Waals surface area contributed by atoms with Crippen molar-refractivity contribution in [3.8, 4) is 0 Å². The number of ether oxygens (including phenoxy) is 1. The van der Waals surface area contributed by atoms with Crippen molar-refractivity contribution in [3.05, 3.63) is 47.5 Å². The fraction of sp³-hybridized carbons (Fsp3) is 0.500. The van der Waals surface area contributed by atoms with E-state index in [1.54, 1.807) is 5.57 Å². The summed E-state index contributed by atoms with van der Waals surface area (Å²) in [6.07, 6.45) is 7.23. The van der Waals surface area contributed by atoms with Crippen LogP contribution >= 0.6 is 0 Å². The maximum atomic E-state index is 11.9. The van der Waals surface area contributed by atoms with Crippen LogP contribution in [0.2, 0.25) is 0 Å². The van der Waals surface area contributed by atoms with Crippen LogP contribution in [0.5, 0.6) is 0 Å². The predicted octanol–water partition coefficient (Wildman–Crippen LogP) is 3.46. The third kappa shape index (κ3) is 5.72. The molecular weight excluding hydrogens is 262 g/mol. The Morgan fingerprint density at radius 2 is 2.14 bits per heavy atom. The minimum absolute atomic E-state index is 0.105. The molecule has 1 aromatic carbocycles. The molecule has 0 saturated heterocycles. The standard InChI is InChI=1S/C18H25NO2/c1-15(13-19-12-11-16-7-5-6-8-16)18(20)21-14-17-9-3-2-4-10-17/h2-4,7,9-10,15,19H,5-6,8,11-14H2,1H3. The quantitative estimate of drug-likeness (QED) is 0.452. The number of carbonyl (C=O) groups excluding carboxylic acids is 1. The number of hydrogen-bond donors (Lipinski definition) is 1. The fourth-order valence-electron chi connectivity index (χ4n) is 2.49. The minimum atomic E-state index is -0.133. The van der Waals surface area contributed by atoms with E-state index >= 15 is 0 Å². The molecule has 3 heteroatoms. The monoisotopic (exact) mass is 287 g/mol. The number of esters is 1. The average molecular weight is 287 g/mol. The molecule has 0 amide bonds. The molecule has 0 bridgehead atoms. The molecule has 0 saturated carbocycles. The number of carbonyl (C=O) groups is 1. The summed E-state index contributed by atoms with van der Waals surface area (Å²) in [5.41, 5.74) is 2.58. The van der Waals surface area contributed by atoms with E-state index in [1.807, 2.05) is 37.3 Å². The summed E-state index contributed by atoms with van der Waals surface area (Å²) in [6.45, 7) is 3.90. The second-order valence-electron chi connectivity index (χ2n) is 5.70. The third-order valence-corrected chi connectivity index (χ3v) is 3.83. The van der Waals surface area contributed by atoms with Crippen molar-refractivity contribution >= 4 is 5.97 Å². The number of benzene rings is 1. The molecule has 0 heterocycles. The molecule has 1 aliphatic rings. The second-order valence-corrected chi connectivity index (χ2v) is 5.70. The Balaban J connectivity index is 1.58. The van der Waals surface area contributed by atoms with Crippen LogP contribution in [0.1, 0.15) is 38.2 Å². The summed E-state index contributed by atoms with van der Waals surface area (Å²) in [5.74, 6) is -0.238. The number of nitrogens with one attached hydrogen (secondary N) is 1. The zero-order chi connectivity index (χ0) is 14.9. The Morgan fingerprint density at radius 3 is 2.86 bits per heavy atom. The summed E-state index contributed by atoms with van der Waals surface area (Å²) in [4.78, 5) is 11.9. The SMILES string of the molecule is CC(CNCCC1=CCCC1)C(=O)OCc1ccccc1. The second kappa shape index (κ2) is 8.63. The Hall–Kier alpha value is -1.61. The van der Waals surface area contributed by atoms with Gasteiger partial charge >= 0.3 is 5.97 Å². The van der Waals surface area contributed by atoms with Gasteiger partial charge in [0, 0.05) is 6.54 Å². The molecule has 1 unspecified atom stereocenters. The molecule has 1 N–H and O–H groups in total. The lowest BCUT2D eigenvalue weighted by atomic mass is 10.1. The molecule has 3 nitrogen and oxygen atoms in total. The zero-order valence-electron chi connectivity index (χ0n) is 12.8. The molecule has 0 fully saturated rings. The molecule has 0 aliphatic heterocycles. The number of hydrogen-bond acceptors (Lipinski definition) is 3. The van der Waals surface area contributed by atoms with Crippen molar-refractivity contribution < 1.29 is 9.53 Å². The van der Waals surface area contributed by atoms with Crippen LogP contribution < -0.4 is 5.32 Å². The van der Waals surface area contributed by atoms with E-state index in [1.165, 1.54) is 19.3 Å². The van der Waals surface area contributed by atoms with Crippen molar-refractivity contribution in [2.75, 3.05) is 13.1 Å². The summed E-state index contributed by atoms with van der Waals surface area (Å²) < 4.78 is 5.33. The van der Waals surface area contributed by atoms with E-state index < -0.39 is 0 Å². The van der Waals surface area contributed by atoms with Gasteiger partial charge in [-0.1, -0.05) is 48.9 Å². The van der Waals surface area contributed by atoms with Crippen LogP contribution in [-0.4, -0.2) is 19.1 Å². The van der Waals surface area contributed by atoms with Gasteiger partial charge in [-0.25, -0.2) is 0 Å². The van der Waals surface area contributed by atoms with E-state index in [-0.39, 0.29) is 11.9 Å². The van der Waals surface area contributed by atoms with Crippen LogP contribution in [0.4, 0.5) is 0 Å². The molecule has 21 heavy (non-hydrogen) atoms.